The fourth-order valence-corrected chi connectivity index (χ4v) is 2.60. The van der Waals surface area contributed by atoms with E-state index in [0.29, 0.717) is 0 Å². The molecule has 0 heterocycles. The first-order valence-electron chi connectivity index (χ1n) is 7.71. The topological polar surface area (TPSA) is 109 Å². The Bertz CT molecular complexity index is 485. The maximum atomic E-state index is 12.3. The minimum atomic E-state index is -0.867. The molecule has 1 aliphatic carbocycles. The summed E-state index contributed by atoms with van der Waals surface area (Å²) >= 11 is 1.37. The number of thioether (sulfide) groups is 1. The Labute approximate surface area is 140 Å². The molecule has 1 amide bonds. The molecular weight excluding hydrogens is 318 g/mol. The zero-order chi connectivity index (χ0) is 17.2. The van der Waals surface area contributed by atoms with Crippen molar-refractivity contribution in [3.8, 4) is 0 Å². The van der Waals surface area contributed by atoms with Crippen molar-refractivity contribution >= 4 is 35.6 Å². The highest BCUT2D eigenvalue weighted by molar-refractivity contribution is 7.99. The van der Waals surface area contributed by atoms with Crippen LogP contribution in [0.5, 0.6) is 0 Å². The smallest absolute Gasteiger partial charge is 0.328 e. The maximum Gasteiger partial charge on any atom is 0.328 e. The van der Waals surface area contributed by atoms with Gasteiger partial charge in [0.05, 0.1) is 5.25 Å². The van der Waals surface area contributed by atoms with Crippen LogP contribution in [0, 0.1) is 0 Å². The number of carbonyl (C=O) groups is 3. The molecule has 1 fully saturated rings. The van der Waals surface area contributed by atoms with Crippen LogP contribution < -0.4 is 5.32 Å². The minimum absolute atomic E-state index is 0.0115. The van der Waals surface area contributed by atoms with Crippen molar-refractivity contribution in [3.05, 3.63) is 5.53 Å². The summed E-state index contributed by atoms with van der Waals surface area (Å²) in [6.45, 7) is 1.74. The Kier molecular flexibility index (Phi) is 8.58. The van der Waals surface area contributed by atoms with Gasteiger partial charge in [0.25, 0.3) is 0 Å². The van der Waals surface area contributed by atoms with Gasteiger partial charge in [-0.05, 0) is 45.3 Å². The SMILES string of the molecule is CS[C@@H](C)C(=O)N[C@@H](CCC(=O)C=[N+]=[N-])C(=O)OC1CCCC1. The Morgan fingerprint density at radius 3 is 2.61 bits per heavy atom. The average molecular weight is 341 g/mol. The van der Waals surface area contributed by atoms with Gasteiger partial charge in [0.1, 0.15) is 12.1 Å². The summed E-state index contributed by atoms with van der Waals surface area (Å²) in [6.07, 6.45) is 6.32. The number of nitrogens with one attached hydrogen (secondary N) is 1. The van der Waals surface area contributed by atoms with Crippen molar-refractivity contribution in [1.29, 1.82) is 0 Å². The van der Waals surface area contributed by atoms with Gasteiger partial charge in [-0.15, -0.1) is 0 Å². The van der Waals surface area contributed by atoms with Crippen molar-refractivity contribution in [2.45, 2.75) is 62.8 Å². The summed E-state index contributed by atoms with van der Waals surface area (Å²) in [5, 5.41) is 2.35. The lowest BCUT2D eigenvalue weighted by atomic mass is 10.1. The third-order valence-corrected chi connectivity index (χ3v) is 4.71. The van der Waals surface area contributed by atoms with Crippen molar-refractivity contribution in [2.24, 2.45) is 0 Å². The summed E-state index contributed by atoms with van der Waals surface area (Å²) in [6, 6.07) is -0.867. The van der Waals surface area contributed by atoms with Gasteiger partial charge in [-0.1, -0.05) is 0 Å². The molecule has 23 heavy (non-hydrogen) atoms. The molecule has 1 aliphatic rings. The number of amides is 1. The molecule has 0 spiro atoms. The molecule has 1 rings (SSSR count). The number of rotatable bonds is 9. The molecule has 2 atom stereocenters. The van der Waals surface area contributed by atoms with Crippen LogP contribution in [0.15, 0.2) is 0 Å². The van der Waals surface area contributed by atoms with Gasteiger partial charge < -0.3 is 15.6 Å². The molecule has 1 N–H and O–H groups in total. The molecule has 0 aromatic rings. The van der Waals surface area contributed by atoms with Gasteiger partial charge in [-0.25, -0.2) is 4.79 Å². The second-order valence-electron chi connectivity index (χ2n) is 5.53. The Balaban J connectivity index is 2.65. The molecule has 0 saturated heterocycles. The molecule has 0 aliphatic heterocycles. The van der Waals surface area contributed by atoms with E-state index in [2.05, 4.69) is 10.1 Å². The normalized spacial score (nSPS) is 17.0. The van der Waals surface area contributed by atoms with E-state index in [0.717, 1.165) is 31.9 Å². The number of ether oxygens (including phenoxy) is 1. The van der Waals surface area contributed by atoms with Crippen molar-refractivity contribution in [1.82, 2.24) is 5.32 Å². The highest BCUT2D eigenvalue weighted by Gasteiger charge is 2.28. The zero-order valence-corrected chi connectivity index (χ0v) is 14.3. The number of hydrogen-bond acceptors (Lipinski definition) is 5. The van der Waals surface area contributed by atoms with Crippen LogP contribution in [0.25, 0.3) is 5.53 Å². The lowest BCUT2D eigenvalue weighted by Crippen LogP contribution is -2.45. The number of Topliss-reactive ketones (excluding diaryl/α,β-unsaturated/α-hetero) is 1. The van der Waals surface area contributed by atoms with Gasteiger partial charge in [-0.2, -0.15) is 16.6 Å². The lowest BCUT2D eigenvalue weighted by molar-refractivity contribution is -0.153. The molecule has 128 valence electrons. The van der Waals surface area contributed by atoms with Crippen LogP contribution in [-0.4, -0.2) is 52.3 Å². The first-order valence-corrected chi connectivity index (χ1v) is 9.00. The second-order valence-corrected chi connectivity index (χ2v) is 6.71. The maximum absolute atomic E-state index is 12.3. The fourth-order valence-electron chi connectivity index (χ4n) is 2.31. The number of esters is 1. The van der Waals surface area contributed by atoms with Gasteiger partial charge in [0.15, 0.2) is 0 Å². The molecule has 0 aromatic heterocycles. The fraction of sp³-hybridized carbons (Fsp3) is 0.733. The molecule has 0 aromatic carbocycles. The van der Waals surface area contributed by atoms with E-state index in [1.54, 1.807) is 13.2 Å². The summed E-state index contributed by atoms with van der Waals surface area (Å²) in [5.74, 6) is -1.19. The first-order chi connectivity index (χ1) is 11.0. The zero-order valence-electron chi connectivity index (χ0n) is 13.5. The quantitative estimate of drug-likeness (QED) is 0.295. The minimum Gasteiger partial charge on any atom is -0.461 e. The monoisotopic (exact) mass is 341 g/mol. The van der Waals surface area contributed by atoms with E-state index < -0.39 is 17.8 Å². The van der Waals surface area contributed by atoms with E-state index in [1.807, 2.05) is 0 Å². The van der Waals surface area contributed by atoms with Gasteiger partial charge in [0, 0.05) is 6.42 Å². The highest BCUT2D eigenvalue weighted by Crippen LogP contribution is 2.21. The van der Waals surface area contributed by atoms with Gasteiger partial charge in [0.2, 0.25) is 11.7 Å². The van der Waals surface area contributed by atoms with E-state index in [9.17, 15) is 14.4 Å². The largest absolute Gasteiger partial charge is 0.461 e. The van der Waals surface area contributed by atoms with E-state index in [-0.39, 0.29) is 30.1 Å². The predicted molar refractivity (Wildman–Crippen MR) is 87.2 cm³/mol. The molecule has 1 saturated carbocycles. The number of carbonyl (C=O) groups excluding carboxylic acids is 3. The van der Waals surface area contributed by atoms with Crippen molar-refractivity contribution < 1.29 is 23.9 Å². The van der Waals surface area contributed by atoms with Crippen LogP contribution in [0.1, 0.15) is 45.4 Å². The van der Waals surface area contributed by atoms with Crippen LogP contribution in [-0.2, 0) is 19.1 Å². The molecule has 0 unspecified atom stereocenters. The van der Waals surface area contributed by atoms with Crippen molar-refractivity contribution in [2.75, 3.05) is 6.26 Å². The van der Waals surface area contributed by atoms with Crippen molar-refractivity contribution in [3.63, 3.8) is 0 Å². The Morgan fingerprint density at radius 2 is 2.04 bits per heavy atom. The van der Waals surface area contributed by atoms with Crippen LogP contribution in [0.2, 0.25) is 0 Å². The Hall–Kier alpha value is -1.66. The summed E-state index contributed by atoms with van der Waals surface area (Å²) in [5.41, 5.74) is 8.34. The number of hydrogen-bond donors (Lipinski definition) is 1. The van der Waals surface area contributed by atoms with Gasteiger partial charge in [-0.3, -0.25) is 9.59 Å². The first kappa shape index (κ1) is 19.4. The summed E-state index contributed by atoms with van der Waals surface area (Å²) in [7, 11) is 0. The lowest BCUT2D eigenvalue weighted by Gasteiger charge is -2.21. The molecular formula is C15H23N3O4S. The van der Waals surface area contributed by atoms with Gasteiger partial charge >= 0.3 is 12.2 Å². The molecule has 7 nitrogen and oxygen atoms in total. The Morgan fingerprint density at radius 1 is 1.39 bits per heavy atom. The molecule has 8 heteroatoms. The van der Waals surface area contributed by atoms with Crippen LogP contribution in [0.3, 0.4) is 0 Å². The van der Waals surface area contributed by atoms with E-state index in [1.165, 1.54) is 11.8 Å². The molecule has 0 radical (unpaired) electrons. The predicted octanol–water partition coefficient (Wildman–Crippen LogP) is 1.36. The van der Waals surface area contributed by atoms with E-state index in [4.69, 9.17) is 10.3 Å². The number of ketones is 1. The second kappa shape index (κ2) is 10.2. The standard InChI is InChI=1S/C15H23N3O4S/c1-10(23-2)14(20)18-13(8-7-11(19)9-17-16)15(21)22-12-5-3-4-6-12/h9-10,12-13H,3-8H2,1-2H3,(H,18,20)/t10-,13-/m0/s1. The summed E-state index contributed by atoms with van der Waals surface area (Å²) in [4.78, 5) is 38.4. The third-order valence-electron chi connectivity index (χ3n) is 3.79. The van der Waals surface area contributed by atoms with Crippen LogP contribution in [0.4, 0.5) is 0 Å². The average Bonchev–Trinajstić information content (AvgIpc) is 3.03. The molecule has 0 bridgehead atoms. The summed E-state index contributed by atoms with van der Waals surface area (Å²) < 4.78 is 5.43. The van der Waals surface area contributed by atoms with Crippen LogP contribution >= 0.6 is 11.8 Å². The third kappa shape index (κ3) is 6.97. The highest BCUT2D eigenvalue weighted by atomic mass is 32.2. The number of nitrogens with zero attached hydrogens (tertiary/aromatic N) is 2. The van der Waals surface area contributed by atoms with E-state index >= 15 is 0 Å².